The van der Waals surface area contributed by atoms with Crippen LogP contribution in [-0.4, -0.2) is 37.1 Å². The van der Waals surface area contributed by atoms with Crippen molar-refractivity contribution in [2.24, 2.45) is 0 Å². The number of H-pyrrole nitrogens is 1. The van der Waals surface area contributed by atoms with Gasteiger partial charge in [-0.15, -0.1) is 0 Å². The molecule has 40 heavy (non-hydrogen) atoms. The Bertz CT molecular complexity index is 1490. The van der Waals surface area contributed by atoms with E-state index >= 15 is 0 Å². The van der Waals surface area contributed by atoms with Crippen LogP contribution in [0.25, 0.3) is 10.9 Å². The number of ether oxygens (including phenoxy) is 2. The van der Waals surface area contributed by atoms with Crippen LogP contribution in [0.4, 0.5) is 10.1 Å². The molecule has 2 amide bonds. The number of carbonyl (C=O) groups is 2. The molecule has 1 heterocycles. The molecular formula is C32H34FN3O4. The number of hydrogen-bond donors (Lipinski definition) is 2. The first-order valence-electron chi connectivity index (χ1n) is 13.6. The number of benzene rings is 3. The molecule has 1 aromatic heterocycles. The lowest BCUT2D eigenvalue weighted by atomic mass is 9.94. The second-order valence-electron chi connectivity index (χ2n) is 10.1. The Kier molecular flexibility index (Phi) is 8.34. The summed E-state index contributed by atoms with van der Waals surface area (Å²) in [5.41, 5.74) is 2.53. The third kappa shape index (κ3) is 5.81. The number of carbonyl (C=O) groups excluding carboxylic acids is 2. The number of aromatic nitrogens is 1. The molecule has 0 bridgehead atoms. The summed E-state index contributed by atoms with van der Waals surface area (Å²) in [5.74, 6) is -0.232. The number of amides is 2. The number of fused-ring (bicyclic) bond motifs is 1. The van der Waals surface area contributed by atoms with E-state index in [1.54, 1.807) is 36.5 Å². The van der Waals surface area contributed by atoms with Gasteiger partial charge in [0.15, 0.2) is 11.5 Å². The number of para-hydroxylation sites is 1. The van der Waals surface area contributed by atoms with Gasteiger partial charge in [0.05, 0.1) is 20.6 Å². The molecule has 208 valence electrons. The minimum atomic E-state index is -1.07. The fourth-order valence-corrected chi connectivity index (χ4v) is 5.56. The van der Waals surface area contributed by atoms with E-state index in [2.05, 4.69) is 10.3 Å². The van der Waals surface area contributed by atoms with Crippen LogP contribution in [0.1, 0.15) is 49.3 Å². The van der Waals surface area contributed by atoms with Crippen LogP contribution in [0.15, 0.2) is 72.9 Å². The summed E-state index contributed by atoms with van der Waals surface area (Å²) in [7, 11) is 3.06. The quantitative estimate of drug-likeness (QED) is 0.268. The average molecular weight is 544 g/mol. The van der Waals surface area contributed by atoms with Crippen molar-refractivity contribution in [1.29, 1.82) is 0 Å². The molecule has 8 heteroatoms. The molecule has 0 aliphatic heterocycles. The molecule has 1 atom stereocenters. The number of halogens is 1. The third-order valence-corrected chi connectivity index (χ3v) is 7.55. The van der Waals surface area contributed by atoms with Crippen molar-refractivity contribution in [3.05, 3.63) is 89.9 Å². The number of nitrogens with one attached hydrogen (secondary N) is 2. The van der Waals surface area contributed by atoms with E-state index in [1.807, 2.05) is 24.3 Å². The maximum Gasteiger partial charge on any atom is 0.248 e. The molecule has 3 aromatic carbocycles. The molecule has 1 fully saturated rings. The predicted molar refractivity (Wildman–Crippen MR) is 153 cm³/mol. The molecule has 7 nitrogen and oxygen atoms in total. The van der Waals surface area contributed by atoms with Crippen LogP contribution in [0.5, 0.6) is 11.5 Å². The summed E-state index contributed by atoms with van der Waals surface area (Å²) in [6, 6.07) is 17.6. The maximum atomic E-state index is 14.6. The van der Waals surface area contributed by atoms with E-state index in [4.69, 9.17) is 9.47 Å². The Hall–Kier alpha value is -4.33. The highest BCUT2D eigenvalue weighted by molar-refractivity contribution is 6.03. The SMILES string of the molecule is COc1ccc([C@H](C(=O)NC2CCCCC2)N(C(=O)Cc2c[nH]c3ccccc23)c2cccc(F)c2)cc1OC. The Morgan fingerprint density at radius 3 is 2.50 bits per heavy atom. The van der Waals surface area contributed by atoms with Crippen molar-refractivity contribution < 1.29 is 23.5 Å². The number of nitrogens with zero attached hydrogens (tertiary/aromatic N) is 1. The Balaban J connectivity index is 1.60. The van der Waals surface area contributed by atoms with Gasteiger partial charge in [-0.25, -0.2) is 4.39 Å². The molecule has 5 rings (SSSR count). The predicted octanol–water partition coefficient (Wildman–Crippen LogP) is 6.09. The number of methoxy groups -OCH3 is 2. The van der Waals surface area contributed by atoms with Crippen molar-refractivity contribution in [2.75, 3.05) is 19.1 Å². The van der Waals surface area contributed by atoms with Gasteiger partial charge in [0.25, 0.3) is 0 Å². The molecule has 0 unspecified atom stereocenters. The van der Waals surface area contributed by atoms with Gasteiger partial charge in [-0.1, -0.05) is 49.6 Å². The van der Waals surface area contributed by atoms with Gasteiger partial charge in [0, 0.05) is 28.8 Å². The van der Waals surface area contributed by atoms with E-state index in [0.29, 0.717) is 22.7 Å². The lowest BCUT2D eigenvalue weighted by molar-refractivity contribution is -0.127. The zero-order chi connectivity index (χ0) is 28.1. The molecule has 0 saturated heterocycles. The van der Waals surface area contributed by atoms with Gasteiger partial charge in [-0.2, -0.15) is 0 Å². The zero-order valence-electron chi connectivity index (χ0n) is 22.8. The molecule has 1 aliphatic rings. The molecular weight excluding hydrogens is 509 g/mol. The first-order chi connectivity index (χ1) is 19.5. The summed E-state index contributed by atoms with van der Waals surface area (Å²) >= 11 is 0. The molecule has 1 aliphatic carbocycles. The Morgan fingerprint density at radius 1 is 0.975 bits per heavy atom. The van der Waals surface area contributed by atoms with Gasteiger partial charge in [0.2, 0.25) is 11.8 Å². The van der Waals surface area contributed by atoms with Gasteiger partial charge in [0.1, 0.15) is 11.9 Å². The lowest BCUT2D eigenvalue weighted by Crippen LogP contribution is -2.47. The summed E-state index contributed by atoms with van der Waals surface area (Å²) in [6.45, 7) is 0. The highest BCUT2D eigenvalue weighted by Gasteiger charge is 2.35. The standard InChI is InChI=1S/C32H34FN3O4/c1-39-28-16-15-21(17-29(28)40-2)31(32(38)35-24-10-4-3-5-11-24)36(25-12-8-9-23(33)19-25)30(37)18-22-20-34-27-14-7-6-13-26(22)27/h6-9,12-17,19-20,24,31,34H,3-5,10-11,18H2,1-2H3,(H,35,38)/t31-/m1/s1. The fourth-order valence-electron chi connectivity index (χ4n) is 5.56. The molecule has 2 N–H and O–H groups in total. The van der Waals surface area contributed by atoms with Crippen molar-refractivity contribution in [1.82, 2.24) is 10.3 Å². The molecule has 0 spiro atoms. The minimum Gasteiger partial charge on any atom is -0.493 e. The smallest absolute Gasteiger partial charge is 0.248 e. The second-order valence-corrected chi connectivity index (χ2v) is 10.1. The lowest BCUT2D eigenvalue weighted by Gasteiger charge is -2.34. The first-order valence-corrected chi connectivity index (χ1v) is 13.6. The zero-order valence-corrected chi connectivity index (χ0v) is 22.8. The van der Waals surface area contributed by atoms with E-state index in [-0.39, 0.29) is 24.3 Å². The number of hydrogen-bond acceptors (Lipinski definition) is 4. The topological polar surface area (TPSA) is 83.7 Å². The monoisotopic (exact) mass is 543 g/mol. The van der Waals surface area contributed by atoms with Crippen LogP contribution in [-0.2, 0) is 16.0 Å². The van der Waals surface area contributed by atoms with Gasteiger partial charge in [-0.05, 0) is 60.4 Å². The van der Waals surface area contributed by atoms with Crippen molar-refractivity contribution in [3.8, 4) is 11.5 Å². The summed E-state index contributed by atoms with van der Waals surface area (Å²) in [6.07, 6.45) is 6.81. The minimum absolute atomic E-state index is 0.0149. The van der Waals surface area contributed by atoms with Gasteiger partial charge < -0.3 is 19.8 Å². The fraction of sp³-hybridized carbons (Fsp3) is 0.312. The van der Waals surface area contributed by atoms with E-state index in [1.165, 1.54) is 31.3 Å². The maximum absolute atomic E-state index is 14.6. The van der Waals surface area contributed by atoms with E-state index in [9.17, 15) is 14.0 Å². The van der Waals surface area contributed by atoms with E-state index in [0.717, 1.165) is 48.6 Å². The van der Waals surface area contributed by atoms with Crippen molar-refractivity contribution in [3.63, 3.8) is 0 Å². The largest absolute Gasteiger partial charge is 0.493 e. The second kappa shape index (κ2) is 12.2. The highest BCUT2D eigenvalue weighted by Crippen LogP contribution is 2.35. The summed E-state index contributed by atoms with van der Waals surface area (Å²) < 4.78 is 25.5. The highest BCUT2D eigenvalue weighted by atomic mass is 19.1. The number of aromatic amines is 1. The Labute approximate surface area is 233 Å². The summed E-state index contributed by atoms with van der Waals surface area (Å²) in [5, 5.41) is 4.11. The molecule has 4 aromatic rings. The average Bonchev–Trinajstić information content (AvgIpc) is 3.38. The number of rotatable bonds is 9. The van der Waals surface area contributed by atoms with Crippen LogP contribution in [0.2, 0.25) is 0 Å². The van der Waals surface area contributed by atoms with Crippen LogP contribution >= 0.6 is 0 Å². The van der Waals surface area contributed by atoms with Crippen LogP contribution < -0.4 is 19.7 Å². The van der Waals surface area contributed by atoms with E-state index < -0.39 is 11.9 Å². The van der Waals surface area contributed by atoms with Crippen LogP contribution in [0.3, 0.4) is 0 Å². The first kappa shape index (κ1) is 27.2. The summed E-state index contributed by atoms with van der Waals surface area (Å²) in [4.78, 5) is 32.9. The van der Waals surface area contributed by atoms with Crippen LogP contribution in [0, 0.1) is 5.82 Å². The Morgan fingerprint density at radius 2 is 1.75 bits per heavy atom. The van der Waals surface area contributed by atoms with Gasteiger partial charge in [-0.3, -0.25) is 14.5 Å². The third-order valence-electron chi connectivity index (χ3n) is 7.55. The van der Waals surface area contributed by atoms with Crippen molar-refractivity contribution >= 4 is 28.4 Å². The normalized spacial score (nSPS) is 14.5. The number of anilines is 1. The van der Waals surface area contributed by atoms with Gasteiger partial charge >= 0.3 is 0 Å². The molecule has 0 radical (unpaired) electrons. The molecule has 1 saturated carbocycles. The van der Waals surface area contributed by atoms with Crippen molar-refractivity contribution in [2.45, 2.75) is 50.6 Å².